The molecule has 4 rings (SSSR count). The minimum absolute atomic E-state index is 0.132. The van der Waals surface area contributed by atoms with Gasteiger partial charge in [-0.05, 0) is 55.5 Å². The standard InChI is InChI=1S/C23H20ClN5O3/c1-3-28(18-8-6-17(24)7-9-18)22(30)16-5-11-21-26-13-19(29(21)14-16)15-4-10-20(25-12-15)27-23(31)32-2/h4-14H,3H2,1-2H3,(H,25,27,31). The smallest absolute Gasteiger partial charge is 0.412 e. The molecule has 0 bridgehead atoms. The van der Waals surface area contributed by atoms with E-state index in [1.807, 2.05) is 29.5 Å². The number of amides is 2. The summed E-state index contributed by atoms with van der Waals surface area (Å²) in [6.07, 6.45) is 4.50. The van der Waals surface area contributed by atoms with Crippen LogP contribution in [-0.2, 0) is 4.74 Å². The van der Waals surface area contributed by atoms with Crippen molar-refractivity contribution < 1.29 is 14.3 Å². The number of anilines is 2. The fourth-order valence-electron chi connectivity index (χ4n) is 3.32. The molecule has 0 atom stereocenters. The van der Waals surface area contributed by atoms with Gasteiger partial charge in [-0.1, -0.05) is 11.6 Å². The van der Waals surface area contributed by atoms with Crippen LogP contribution in [0.5, 0.6) is 0 Å². The molecule has 4 aromatic rings. The monoisotopic (exact) mass is 449 g/mol. The maximum Gasteiger partial charge on any atom is 0.412 e. The van der Waals surface area contributed by atoms with E-state index in [2.05, 4.69) is 20.0 Å². The van der Waals surface area contributed by atoms with Crippen molar-refractivity contribution in [2.24, 2.45) is 0 Å². The van der Waals surface area contributed by atoms with Crippen LogP contribution in [0.25, 0.3) is 16.9 Å². The summed E-state index contributed by atoms with van der Waals surface area (Å²) in [7, 11) is 1.29. The number of hydrogen-bond donors (Lipinski definition) is 1. The molecule has 0 radical (unpaired) electrons. The number of fused-ring (bicyclic) bond motifs is 1. The Morgan fingerprint density at radius 2 is 1.84 bits per heavy atom. The quantitative estimate of drug-likeness (QED) is 0.468. The number of ether oxygens (including phenoxy) is 1. The van der Waals surface area contributed by atoms with E-state index in [0.717, 1.165) is 16.9 Å². The number of nitrogens with one attached hydrogen (secondary N) is 1. The minimum Gasteiger partial charge on any atom is -0.453 e. The number of imidazole rings is 1. The third kappa shape index (κ3) is 4.26. The molecule has 1 N–H and O–H groups in total. The average molecular weight is 450 g/mol. The Balaban J connectivity index is 1.66. The zero-order chi connectivity index (χ0) is 22.7. The molecule has 0 unspecified atom stereocenters. The fourth-order valence-corrected chi connectivity index (χ4v) is 3.44. The van der Waals surface area contributed by atoms with Crippen LogP contribution >= 0.6 is 11.6 Å². The fraction of sp³-hybridized carbons (Fsp3) is 0.130. The number of methoxy groups -OCH3 is 1. The van der Waals surface area contributed by atoms with Gasteiger partial charge >= 0.3 is 6.09 Å². The van der Waals surface area contributed by atoms with Crippen LogP contribution in [0.4, 0.5) is 16.3 Å². The summed E-state index contributed by atoms with van der Waals surface area (Å²) < 4.78 is 6.41. The van der Waals surface area contributed by atoms with Gasteiger partial charge in [0.05, 0.1) is 24.6 Å². The lowest BCUT2D eigenvalue weighted by Gasteiger charge is -2.21. The third-order valence-corrected chi connectivity index (χ3v) is 5.18. The lowest BCUT2D eigenvalue weighted by Crippen LogP contribution is -2.30. The first-order valence-corrected chi connectivity index (χ1v) is 10.2. The molecule has 0 saturated carbocycles. The Labute approximate surface area is 189 Å². The van der Waals surface area contributed by atoms with Crippen LogP contribution in [0.2, 0.25) is 5.02 Å². The summed E-state index contributed by atoms with van der Waals surface area (Å²) in [5.74, 6) is 0.235. The molecule has 9 heteroatoms. The molecule has 3 heterocycles. The molecular formula is C23H20ClN5O3. The molecule has 3 aromatic heterocycles. The van der Waals surface area contributed by atoms with Crippen molar-refractivity contribution in [2.45, 2.75) is 6.92 Å². The van der Waals surface area contributed by atoms with Gasteiger partial charge in [0.25, 0.3) is 5.91 Å². The highest BCUT2D eigenvalue weighted by Gasteiger charge is 2.18. The lowest BCUT2D eigenvalue weighted by atomic mass is 10.2. The first-order chi connectivity index (χ1) is 15.5. The second-order valence-electron chi connectivity index (χ2n) is 6.86. The van der Waals surface area contributed by atoms with Crippen LogP contribution in [0.1, 0.15) is 17.3 Å². The Kier molecular flexibility index (Phi) is 6.04. The number of halogens is 1. The summed E-state index contributed by atoms with van der Waals surface area (Å²) in [6, 6.07) is 14.2. The van der Waals surface area contributed by atoms with Gasteiger partial charge in [0.15, 0.2) is 0 Å². The predicted molar refractivity (Wildman–Crippen MR) is 123 cm³/mol. The number of rotatable bonds is 5. The predicted octanol–water partition coefficient (Wildman–Crippen LogP) is 4.89. The van der Waals surface area contributed by atoms with Crippen LogP contribution < -0.4 is 10.2 Å². The second-order valence-corrected chi connectivity index (χ2v) is 7.30. The maximum atomic E-state index is 13.2. The summed E-state index contributed by atoms with van der Waals surface area (Å²) in [5, 5.41) is 3.12. The summed E-state index contributed by atoms with van der Waals surface area (Å²) in [5.41, 5.74) is 3.53. The first-order valence-electron chi connectivity index (χ1n) is 9.86. The number of carbonyl (C=O) groups is 2. The van der Waals surface area contributed by atoms with E-state index in [1.54, 1.807) is 53.8 Å². The number of nitrogens with zero attached hydrogens (tertiary/aromatic N) is 4. The van der Waals surface area contributed by atoms with Crippen molar-refractivity contribution in [3.05, 3.63) is 77.7 Å². The van der Waals surface area contributed by atoms with Crippen LogP contribution in [0.3, 0.4) is 0 Å². The molecule has 0 saturated heterocycles. The zero-order valence-electron chi connectivity index (χ0n) is 17.4. The van der Waals surface area contributed by atoms with Gasteiger partial charge in [-0.15, -0.1) is 0 Å². The summed E-state index contributed by atoms with van der Waals surface area (Å²) in [6.45, 7) is 2.43. The van der Waals surface area contributed by atoms with Crippen molar-refractivity contribution in [3.8, 4) is 11.3 Å². The Hall–Kier alpha value is -3.91. The Bertz CT molecular complexity index is 1270. The van der Waals surface area contributed by atoms with Gasteiger partial charge in [-0.25, -0.2) is 14.8 Å². The third-order valence-electron chi connectivity index (χ3n) is 4.93. The topological polar surface area (TPSA) is 88.8 Å². The van der Waals surface area contributed by atoms with Crippen LogP contribution in [0, 0.1) is 0 Å². The van der Waals surface area contributed by atoms with E-state index in [-0.39, 0.29) is 5.91 Å². The highest BCUT2D eigenvalue weighted by Crippen LogP contribution is 2.24. The molecule has 0 aliphatic carbocycles. The van der Waals surface area contributed by atoms with Gasteiger partial charge in [0.2, 0.25) is 0 Å². The van der Waals surface area contributed by atoms with Crippen molar-refractivity contribution in [3.63, 3.8) is 0 Å². The number of aromatic nitrogens is 3. The summed E-state index contributed by atoms with van der Waals surface area (Å²) in [4.78, 5) is 34.9. The van der Waals surface area contributed by atoms with Gasteiger partial charge < -0.3 is 9.64 Å². The molecule has 2 amide bonds. The molecule has 32 heavy (non-hydrogen) atoms. The number of hydrogen-bond acceptors (Lipinski definition) is 5. The summed E-state index contributed by atoms with van der Waals surface area (Å²) >= 11 is 5.98. The van der Waals surface area contributed by atoms with Gasteiger partial charge in [0.1, 0.15) is 11.5 Å². The molecular weight excluding hydrogens is 430 g/mol. The molecule has 0 aliphatic heterocycles. The second kappa shape index (κ2) is 9.07. The molecule has 0 spiro atoms. The normalized spacial score (nSPS) is 10.7. The number of carbonyl (C=O) groups excluding carboxylic acids is 2. The van der Waals surface area contributed by atoms with Gasteiger partial charge in [-0.3, -0.25) is 14.5 Å². The molecule has 8 nitrogen and oxygen atoms in total. The lowest BCUT2D eigenvalue weighted by molar-refractivity contribution is 0.0988. The van der Waals surface area contributed by atoms with E-state index >= 15 is 0 Å². The van der Waals surface area contributed by atoms with Crippen LogP contribution in [0.15, 0.2) is 67.1 Å². The van der Waals surface area contributed by atoms with Gasteiger partial charge in [0, 0.05) is 35.2 Å². The van der Waals surface area contributed by atoms with Gasteiger partial charge in [-0.2, -0.15) is 0 Å². The largest absolute Gasteiger partial charge is 0.453 e. The molecule has 162 valence electrons. The SMILES string of the molecule is CCN(C(=O)c1ccc2ncc(-c3ccc(NC(=O)OC)nc3)n2c1)c1ccc(Cl)cc1. The highest BCUT2D eigenvalue weighted by molar-refractivity contribution is 6.30. The van der Waals surface area contributed by atoms with E-state index in [9.17, 15) is 9.59 Å². The maximum absolute atomic E-state index is 13.2. The van der Waals surface area contributed by atoms with Crippen molar-refractivity contribution >= 4 is 40.8 Å². The van der Waals surface area contributed by atoms with E-state index in [4.69, 9.17) is 11.6 Å². The van der Waals surface area contributed by atoms with Crippen molar-refractivity contribution in [2.75, 3.05) is 23.9 Å². The average Bonchev–Trinajstić information content (AvgIpc) is 3.24. The number of pyridine rings is 2. The highest BCUT2D eigenvalue weighted by atomic mass is 35.5. The van der Waals surface area contributed by atoms with Crippen molar-refractivity contribution in [1.82, 2.24) is 14.4 Å². The molecule has 0 fully saturated rings. The zero-order valence-corrected chi connectivity index (χ0v) is 18.2. The number of benzene rings is 1. The molecule has 0 aliphatic rings. The van der Waals surface area contributed by atoms with Crippen molar-refractivity contribution in [1.29, 1.82) is 0 Å². The van der Waals surface area contributed by atoms with E-state index < -0.39 is 6.09 Å². The van der Waals surface area contributed by atoms with E-state index in [1.165, 1.54) is 7.11 Å². The Morgan fingerprint density at radius 3 is 2.50 bits per heavy atom. The molecule has 1 aromatic carbocycles. The Morgan fingerprint density at radius 1 is 1.06 bits per heavy atom. The van der Waals surface area contributed by atoms with E-state index in [0.29, 0.717) is 28.6 Å². The minimum atomic E-state index is -0.593. The van der Waals surface area contributed by atoms with Crippen LogP contribution in [-0.4, -0.2) is 40.0 Å². The first kappa shape index (κ1) is 21.3.